The molecule has 7 rings (SSSR count). The third-order valence-electron chi connectivity index (χ3n) is 8.98. The van der Waals surface area contributed by atoms with Crippen LogP contribution in [0.1, 0.15) is 35.1 Å². The first-order valence-corrected chi connectivity index (χ1v) is 16.4. The van der Waals surface area contributed by atoms with Crippen molar-refractivity contribution in [1.29, 1.82) is 0 Å². The Hall–Kier alpha value is -5.64. The number of fused-ring (bicyclic) bond motifs is 1. The molecule has 51 heavy (non-hydrogen) atoms. The van der Waals surface area contributed by atoms with Crippen molar-refractivity contribution < 1.29 is 27.5 Å². The lowest BCUT2D eigenvalue weighted by Gasteiger charge is -2.39. The number of nitrogens with zero attached hydrogens (tertiary/aromatic N) is 8. The fourth-order valence-electron chi connectivity index (χ4n) is 6.23. The summed E-state index contributed by atoms with van der Waals surface area (Å²) in [7, 11) is 4.48. The van der Waals surface area contributed by atoms with E-state index in [9.17, 15) is 22.8 Å². The van der Waals surface area contributed by atoms with Gasteiger partial charge in [0.15, 0.2) is 11.6 Å². The number of amides is 2. The van der Waals surface area contributed by atoms with Gasteiger partial charge in [0.25, 0.3) is 5.91 Å². The molecular formula is C35H35F3N10O3. The maximum Gasteiger partial charge on any atom is 0.406 e. The molecule has 1 aliphatic carbocycles. The van der Waals surface area contributed by atoms with E-state index in [1.807, 2.05) is 35.1 Å². The molecule has 0 atom stereocenters. The highest BCUT2D eigenvalue weighted by Crippen LogP contribution is 2.42. The molecule has 1 saturated heterocycles. The van der Waals surface area contributed by atoms with Crippen molar-refractivity contribution in [1.82, 2.24) is 39.7 Å². The lowest BCUT2D eigenvalue weighted by Crippen LogP contribution is -2.47. The largest absolute Gasteiger partial charge is 0.495 e. The molecule has 0 unspecified atom stereocenters. The van der Waals surface area contributed by atoms with Gasteiger partial charge in [0.1, 0.15) is 23.5 Å². The van der Waals surface area contributed by atoms with E-state index in [1.54, 1.807) is 38.7 Å². The number of alkyl halides is 3. The fourth-order valence-corrected chi connectivity index (χ4v) is 6.23. The lowest BCUT2D eigenvalue weighted by atomic mass is 9.97. The third kappa shape index (κ3) is 7.17. The van der Waals surface area contributed by atoms with Crippen LogP contribution in [0.25, 0.3) is 33.2 Å². The highest BCUT2D eigenvalue weighted by Gasteiger charge is 2.33. The zero-order valence-electron chi connectivity index (χ0n) is 28.1. The molecular weight excluding hydrogens is 665 g/mol. The molecule has 0 spiro atoms. The summed E-state index contributed by atoms with van der Waals surface area (Å²) in [5.74, 6) is 0.712. The molecule has 1 aromatic carbocycles. The first-order valence-electron chi connectivity index (χ1n) is 16.4. The minimum Gasteiger partial charge on any atom is -0.495 e. The van der Waals surface area contributed by atoms with Gasteiger partial charge < -0.3 is 20.3 Å². The number of pyridine rings is 2. The number of likely N-dealkylation sites (tertiary alicyclic amines) is 1. The molecule has 5 aromatic rings. The maximum atomic E-state index is 12.8. The van der Waals surface area contributed by atoms with E-state index in [0.717, 1.165) is 47.5 Å². The van der Waals surface area contributed by atoms with Crippen molar-refractivity contribution in [2.45, 2.75) is 31.6 Å². The topological polar surface area (TPSA) is 143 Å². The van der Waals surface area contributed by atoms with E-state index in [0.29, 0.717) is 53.1 Å². The number of para-hydroxylation sites is 1. The number of benzene rings is 1. The first-order chi connectivity index (χ1) is 24.5. The van der Waals surface area contributed by atoms with Crippen LogP contribution in [0.4, 0.5) is 24.8 Å². The van der Waals surface area contributed by atoms with Crippen molar-refractivity contribution in [2.24, 2.45) is 5.92 Å². The van der Waals surface area contributed by atoms with Crippen LogP contribution in [0.5, 0.6) is 5.75 Å². The van der Waals surface area contributed by atoms with Crippen molar-refractivity contribution in [3.05, 3.63) is 72.4 Å². The highest BCUT2D eigenvalue weighted by atomic mass is 19.4. The van der Waals surface area contributed by atoms with E-state index in [1.165, 1.54) is 6.07 Å². The molecule has 0 radical (unpaired) electrons. The van der Waals surface area contributed by atoms with Crippen molar-refractivity contribution in [2.75, 3.05) is 51.5 Å². The summed E-state index contributed by atoms with van der Waals surface area (Å²) in [6.07, 6.45) is 2.76. The quantitative estimate of drug-likeness (QED) is 0.192. The van der Waals surface area contributed by atoms with Crippen LogP contribution in [0.2, 0.25) is 0 Å². The number of carbonyl (C=O) groups is 2. The smallest absolute Gasteiger partial charge is 0.406 e. The van der Waals surface area contributed by atoms with E-state index >= 15 is 0 Å². The van der Waals surface area contributed by atoms with Gasteiger partial charge in [0, 0.05) is 79.7 Å². The summed E-state index contributed by atoms with van der Waals surface area (Å²) in [6, 6.07) is 12.5. The van der Waals surface area contributed by atoms with E-state index in [4.69, 9.17) is 4.74 Å². The molecule has 2 aliphatic rings. The van der Waals surface area contributed by atoms with Gasteiger partial charge in [-0.25, -0.2) is 9.97 Å². The van der Waals surface area contributed by atoms with Crippen LogP contribution < -0.4 is 15.4 Å². The van der Waals surface area contributed by atoms with E-state index in [2.05, 4.69) is 40.8 Å². The van der Waals surface area contributed by atoms with E-state index in [-0.39, 0.29) is 23.6 Å². The number of halogens is 3. The van der Waals surface area contributed by atoms with Crippen molar-refractivity contribution in [3.8, 4) is 28.0 Å². The van der Waals surface area contributed by atoms with Crippen LogP contribution in [0, 0.1) is 5.92 Å². The Bertz CT molecular complexity index is 2110. The third-order valence-corrected chi connectivity index (χ3v) is 8.98. The predicted octanol–water partition coefficient (Wildman–Crippen LogP) is 5.04. The van der Waals surface area contributed by atoms with Crippen LogP contribution in [-0.4, -0.2) is 98.6 Å². The maximum absolute atomic E-state index is 12.8. The number of methoxy groups -OCH3 is 1. The van der Waals surface area contributed by atoms with Crippen LogP contribution in [0.3, 0.4) is 0 Å². The van der Waals surface area contributed by atoms with Crippen LogP contribution >= 0.6 is 0 Å². The SMILES string of the molecule is CNc1ncc(-c2cccc(-c3cnn(C4CN(Cc5cccc(C(=O)N(C)CC(F)(F)F)n5)C4)c3)c2OC)c2cc(NC(=O)C3CC3)nnc12. The van der Waals surface area contributed by atoms with Crippen molar-refractivity contribution in [3.63, 3.8) is 0 Å². The normalized spacial score (nSPS) is 15.0. The fraction of sp³-hybridized carbons (Fsp3) is 0.343. The lowest BCUT2D eigenvalue weighted by molar-refractivity contribution is -0.138. The summed E-state index contributed by atoms with van der Waals surface area (Å²) in [5, 5.41) is 20.0. The predicted molar refractivity (Wildman–Crippen MR) is 183 cm³/mol. The summed E-state index contributed by atoms with van der Waals surface area (Å²) in [6.45, 7) is 0.433. The molecule has 2 N–H and O–H groups in total. The second kappa shape index (κ2) is 13.6. The molecule has 16 heteroatoms. The Morgan fingerprint density at radius 1 is 1.04 bits per heavy atom. The summed E-state index contributed by atoms with van der Waals surface area (Å²) < 4.78 is 46.2. The standard InChI is InChI=1S/C35H35F3N10O3/c1-39-32-30-26(12-29(44-45-30)43-33(49)20-10-11-20)27(14-40-32)25-8-5-7-24(31(25)51-3)21-13-41-48(15-21)23-17-47(18-23)16-22-6-4-9-28(42-22)34(50)46(2)19-35(36,37)38/h4-9,12-15,20,23H,10-11,16-19H2,1-3H3,(H,39,40)(H,43,44,49). The summed E-state index contributed by atoms with van der Waals surface area (Å²) in [4.78, 5) is 36.6. The molecule has 1 saturated carbocycles. The molecule has 4 aromatic heterocycles. The average molecular weight is 701 g/mol. The van der Waals surface area contributed by atoms with Crippen molar-refractivity contribution >= 4 is 34.4 Å². The number of ether oxygens (including phenoxy) is 1. The number of aromatic nitrogens is 6. The molecule has 13 nitrogen and oxygen atoms in total. The van der Waals surface area contributed by atoms with Gasteiger partial charge in [0.05, 0.1) is 25.0 Å². The molecule has 2 amide bonds. The van der Waals surface area contributed by atoms with Gasteiger partial charge >= 0.3 is 6.18 Å². The van der Waals surface area contributed by atoms with E-state index < -0.39 is 18.6 Å². The number of hydrogen-bond donors (Lipinski definition) is 2. The molecule has 2 fully saturated rings. The average Bonchev–Trinajstić information content (AvgIpc) is 3.85. The minimum absolute atomic E-state index is 0.0173. The summed E-state index contributed by atoms with van der Waals surface area (Å²) in [5.41, 5.74) is 4.33. The molecule has 0 bridgehead atoms. The zero-order valence-corrected chi connectivity index (χ0v) is 28.1. The second-order valence-corrected chi connectivity index (χ2v) is 12.8. The minimum atomic E-state index is -4.49. The zero-order chi connectivity index (χ0) is 35.9. The van der Waals surface area contributed by atoms with Gasteiger partial charge in [-0.15, -0.1) is 10.2 Å². The number of carbonyl (C=O) groups excluding carboxylic acids is 2. The Kier molecular flexibility index (Phi) is 9.01. The van der Waals surface area contributed by atoms with Gasteiger partial charge in [-0.2, -0.15) is 18.3 Å². The number of nitrogens with one attached hydrogen (secondary N) is 2. The number of rotatable bonds is 11. The first kappa shape index (κ1) is 33.8. The second-order valence-electron chi connectivity index (χ2n) is 12.8. The van der Waals surface area contributed by atoms with Gasteiger partial charge in [-0.05, 0) is 31.0 Å². The Balaban J connectivity index is 1.08. The molecule has 5 heterocycles. The Morgan fingerprint density at radius 3 is 2.53 bits per heavy atom. The Morgan fingerprint density at radius 2 is 1.80 bits per heavy atom. The number of hydrogen-bond acceptors (Lipinski definition) is 10. The van der Waals surface area contributed by atoms with Gasteiger partial charge in [-0.3, -0.25) is 19.2 Å². The van der Waals surface area contributed by atoms with Crippen LogP contribution in [0.15, 0.2) is 61.1 Å². The van der Waals surface area contributed by atoms with Gasteiger partial charge in [0.2, 0.25) is 5.91 Å². The number of anilines is 2. The highest BCUT2D eigenvalue weighted by molar-refractivity contribution is 6.03. The monoisotopic (exact) mass is 700 g/mol. The molecule has 264 valence electrons. The van der Waals surface area contributed by atoms with Gasteiger partial charge in [-0.1, -0.05) is 24.3 Å². The van der Waals surface area contributed by atoms with Crippen LogP contribution in [-0.2, 0) is 11.3 Å². The molecule has 1 aliphatic heterocycles. The summed E-state index contributed by atoms with van der Waals surface area (Å²) >= 11 is 0. The Labute approximate surface area is 290 Å².